The molecule has 0 saturated carbocycles. The maximum Gasteiger partial charge on any atom is 0.347 e. The van der Waals surface area contributed by atoms with Crippen LogP contribution in [0.25, 0.3) is 22.1 Å². The van der Waals surface area contributed by atoms with Crippen LogP contribution in [0.2, 0.25) is 5.02 Å². The van der Waals surface area contributed by atoms with Crippen molar-refractivity contribution >= 4 is 28.5 Å². The van der Waals surface area contributed by atoms with Crippen LogP contribution in [0.1, 0.15) is 5.56 Å². The lowest BCUT2D eigenvalue weighted by Crippen LogP contribution is -2.32. The minimum Gasteiger partial charge on any atom is -0.478 e. The first-order chi connectivity index (χ1) is 15.9. The molecule has 6 nitrogen and oxygen atoms in total. The van der Waals surface area contributed by atoms with Crippen molar-refractivity contribution in [1.82, 2.24) is 0 Å². The maximum atomic E-state index is 13.4. The molecule has 0 aliphatic rings. The molecule has 1 N–H and O–H groups in total. The smallest absolute Gasteiger partial charge is 0.347 e. The summed E-state index contributed by atoms with van der Waals surface area (Å²) in [6.45, 7) is 0.0554. The second-order valence-corrected chi connectivity index (χ2v) is 7.61. The van der Waals surface area contributed by atoms with Gasteiger partial charge in [-0.2, -0.15) is 0 Å². The zero-order chi connectivity index (χ0) is 23.4. The van der Waals surface area contributed by atoms with E-state index in [-0.39, 0.29) is 29.6 Å². The summed E-state index contributed by atoms with van der Waals surface area (Å²) >= 11 is 6.17. The number of rotatable bonds is 8. The van der Waals surface area contributed by atoms with Gasteiger partial charge in [-0.3, -0.25) is 0 Å². The molecule has 0 fully saturated rings. The quantitative estimate of drug-likeness (QED) is 0.353. The fraction of sp³-hybridized carbons (Fsp3) is 0.120. The van der Waals surface area contributed by atoms with Crippen LogP contribution in [0, 0.1) is 5.82 Å². The van der Waals surface area contributed by atoms with Crippen molar-refractivity contribution in [3.05, 3.63) is 99.6 Å². The van der Waals surface area contributed by atoms with Crippen molar-refractivity contribution in [3.63, 3.8) is 0 Å². The number of benzene rings is 3. The van der Waals surface area contributed by atoms with Crippen molar-refractivity contribution in [2.24, 2.45) is 0 Å². The molecule has 8 heteroatoms. The molecular weight excluding hydrogens is 451 g/mol. The summed E-state index contributed by atoms with van der Waals surface area (Å²) in [5.74, 6) is -1.51. The predicted octanol–water partition coefficient (Wildman–Crippen LogP) is 5.30. The van der Waals surface area contributed by atoms with Crippen LogP contribution in [0.15, 0.2) is 82.0 Å². The lowest BCUT2D eigenvalue weighted by molar-refractivity contribution is -0.148. The average molecular weight is 469 g/mol. The van der Waals surface area contributed by atoms with E-state index in [4.69, 9.17) is 25.5 Å². The predicted molar refractivity (Wildman–Crippen MR) is 121 cm³/mol. The minimum atomic E-state index is -1.27. The molecule has 3 aromatic carbocycles. The first-order valence-corrected chi connectivity index (χ1v) is 10.3. The molecule has 168 valence electrons. The summed E-state index contributed by atoms with van der Waals surface area (Å²) in [7, 11) is 0. The molecule has 0 aliphatic heterocycles. The van der Waals surface area contributed by atoms with Gasteiger partial charge in [-0.1, -0.05) is 41.9 Å². The van der Waals surface area contributed by atoms with Gasteiger partial charge in [-0.05, 0) is 35.9 Å². The van der Waals surface area contributed by atoms with E-state index >= 15 is 0 Å². The van der Waals surface area contributed by atoms with Gasteiger partial charge in [0.1, 0.15) is 17.1 Å². The van der Waals surface area contributed by atoms with E-state index in [0.717, 1.165) is 11.6 Å². The molecule has 0 radical (unpaired) electrons. The number of carboxylic acids is 1. The van der Waals surface area contributed by atoms with Crippen molar-refractivity contribution in [2.45, 2.75) is 12.7 Å². The molecule has 4 rings (SSSR count). The monoisotopic (exact) mass is 468 g/mol. The van der Waals surface area contributed by atoms with Gasteiger partial charge in [0, 0.05) is 28.6 Å². The standard InChI is InChI=1S/C25H18ClFO6/c26-21-10-16(27)6-8-18(21)20-12-24(28)33-22-11-17(7-9-19(20)22)32-23(25(29)30)14-31-13-15-4-2-1-3-5-15/h1-12,23H,13-14H2,(H,29,30)/t23-/m1/s1. The van der Waals surface area contributed by atoms with Gasteiger partial charge >= 0.3 is 11.6 Å². The fourth-order valence-electron chi connectivity index (χ4n) is 3.33. The number of halogens is 2. The van der Waals surface area contributed by atoms with E-state index in [1.54, 1.807) is 12.1 Å². The molecular formula is C25H18ClFO6. The molecule has 1 aromatic heterocycles. The third-order valence-electron chi connectivity index (χ3n) is 4.87. The minimum absolute atomic E-state index is 0.142. The molecule has 1 atom stereocenters. The molecule has 0 saturated heterocycles. The fourth-order valence-corrected chi connectivity index (χ4v) is 3.59. The van der Waals surface area contributed by atoms with E-state index in [1.165, 1.54) is 24.3 Å². The SMILES string of the molecule is O=C(O)[C@@H](COCc1ccccc1)Oc1ccc2c(-c3ccc(F)cc3Cl)cc(=O)oc2c1. The Kier molecular flexibility index (Phi) is 6.72. The molecule has 0 amide bonds. The summed E-state index contributed by atoms with van der Waals surface area (Å²) in [5.41, 5.74) is 1.35. The normalized spacial score (nSPS) is 11.9. The van der Waals surface area contributed by atoms with Crippen molar-refractivity contribution < 1.29 is 28.2 Å². The number of hydrogen-bond acceptors (Lipinski definition) is 5. The topological polar surface area (TPSA) is 86.0 Å². The molecule has 4 aromatic rings. The van der Waals surface area contributed by atoms with Gasteiger partial charge in [-0.25, -0.2) is 14.0 Å². The van der Waals surface area contributed by atoms with E-state index in [9.17, 15) is 19.1 Å². The molecule has 0 aliphatic carbocycles. The number of carboxylic acid groups (broad SMARTS) is 1. The van der Waals surface area contributed by atoms with Crippen LogP contribution in [0.5, 0.6) is 5.75 Å². The Morgan fingerprint density at radius 2 is 1.82 bits per heavy atom. The lowest BCUT2D eigenvalue weighted by Gasteiger charge is -2.16. The summed E-state index contributed by atoms with van der Waals surface area (Å²) in [6, 6.07) is 19.1. The zero-order valence-corrected chi connectivity index (χ0v) is 17.9. The first kappa shape index (κ1) is 22.5. The van der Waals surface area contributed by atoms with Crippen LogP contribution in [-0.4, -0.2) is 23.8 Å². The first-order valence-electron chi connectivity index (χ1n) is 9.95. The number of aliphatic carboxylic acids is 1. The molecule has 0 unspecified atom stereocenters. The highest BCUT2D eigenvalue weighted by Gasteiger charge is 2.21. The van der Waals surface area contributed by atoms with Crippen LogP contribution in [0.4, 0.5) is 4.39 Å². The van der Waals surface area contributed by atoms with Crippen molar-refractivity contribution in [2.75, 3.05) is 6.61 Å². The zero-order valence-electron chi connectivity index (χ0n) is 17.2. The molecule has 0 bridgehead atoms. The van der Waals surface area contributed by atoms with E-state index in [0.29, 0.717) is 16.5 Å². The molecule has 33 heavy (non-hydrogen) atoms. The van der Waals surface area contributed by atoms with Crippen molar-refractivity contribution in [1.29, 1.82) is 0 Å². The van der Waals surface area contributed by atoms with Crippen LogP contribution >= 0.6 is 11.6 Å². The third kappa shape index (κ3) is 5.39. The number of ether oxygens (including phenoxy) is 2. The van der Waals surface area contributed by atoms with Gasteiger partial charge in [0.05, 0.1) is 18.2 Å². The van der Waals surface area contributed by atoms with Gasteiger partial charge < -0.3 is 19.0 Å². The van der Waals surface area contributed by atoms with Crippen LogP contribution < -0.4 is 10.4 Å². The Balaban J connectivity index is 1.58. The van der Waals surface area contributed by atoms with Gasteiger partial charge in [-0.15, -0.1) is 0 Å². The number of fused-ring (bicyclic) bond motifs is 1. The highest BCUT2D eigenvalue weighted by Crippen LogP contribution is 2.34. The van der Waals surface area contributed by atoms with E-state index in [2.05, 4.69) is 0 Å². The summed E-state index contributed by atoms with van der Waals surface area (Å²) in [5, 5.41) is 10.2. The summed E-state index contributed by atoms with van der Waals surface area (Å²) < 4.78 is 29.8. The van der Waals surface area contributed by atoms with Crippen LogP contribution in [0.3, 0.4) is 0 Å². The van der Waals surface area contributed by atoms with E-state index < -0.39 is 23.5 Å². The van der Waals surface area contributed by atoms with E-state index in [1.807, 2.05) is 30.3 Å². The van der Waals surface area contributed by atoms with Gasteiger partial charge in [0.25, 0.3) is 0 Å². The second kappa shape index (κ2) is 9.85. The second-order valence-electron chi connectivity index (χ2n) is 7.21. The van der Waals surface area contributed by atoms with Gasteiger partial charge in [0.15, 0.2) is 0 Å². The Morgan fingerprint density at radius 1 is 1.03 bits per heavy atom. The molecule has 0 spiro atoms. The average Bonchev–Trinajstić information content (AvgIpc) is 2.78. The Hall–Kier alpha value is -3.68. The maximum absolute atomic E-state index is 13.4. The third-order valence-corrected chi connectivity index (χ3v) is 5.18. The number of carbonyl (C=O) groups is 1. The molecule has 1 heterocycles. The summed E-state index contributed by atoms with van der Waals surface area (Å²) in [6.07, 6.45) is -1.27. The van der Waals surface area contributed by atoms with Crippen molar-refractivity contribution in [3.8, 4) is 16.9 Å². The Labute approximate surface area is 192 Å². The Bertz CT molecular complexity index is 1350. The highest BCUT2D eigenvalue weighted by molar-refractivity contribution is 6.33. The Morgan fingerprint density at radius 3 is 2.55 bits per heavy atom. The lowest BCUT2D eigenvalue weighted by atomic mass is 10.0. The highest BCUT2D eigenvalue weighted by atomic mass is 35.5. The summed E-state index contributed by atoms with van der Waals surface area (Å²) in [4.78, 5) is 23.8. The van der Waals surface area contributed by atoms with Crippen LogP contribution in [-0.2, 0) is 16.1 Å². The largest absolute Gasteiger partial charge is 0.478 e. The number of hydrogen-bond donors (Lipinski definition) is 1. The van der Waals surface area contributed by atoms with Gasteiger partial charge in [0.2, 0.25) is 6.10 Å².